The van der Waals surface area contributed by atoms with Crippen molar-refractivity contribution in [1.82, 2.24) is 24.5 Å². The van der Waals surface area contributed by atoms with E-state index in [9.17, 15) is 8.42 Å². The minimum Gasteiger partial charge on any atom is -0.497 e. The first-order chi connectivity index (χ1) is 15.0. The molecule has 0 radical (unpaired) electrons. The quantitative estimate of drug-likeness (QED) is 0.384. The molecule has 31 heavy (non-hydrogen) atoms. The molecular weight excluding hydrogens is 438 g/mol. The third-order valence-electron chi connectivity index (χ3n) is 4.46. The molecule has 1 N–H and O–H groups in total. The van der Waals surface area contributed by atoms with Crippen LogP contribution in [0.15, 0.2) is 52.7 Å². The number of hydrogen-bond acceptors (Lipinski definition) is 8. The van der Waals surface area contributed by atoms with Crippen LogP contribution in [-0.4, -0.2) is 48.5 Å². The van der Waals surface area contributed by atoms with Crippen molar-refractivity contribution in [1.29, 1.82) is 0 Å². The predicted molar refractivity (Wildman–Crippen MR) is 117 cm³/mol. The summed E-state index contributed by atoms with van der Waals surface area (Å²) < 4.78 is 40.1. The molecule has 3 heterocycles. The maximum Gasteiger partial charge on any atom is 0.250 e. The highest BCUT2D eigenvalue weighted by atomic mass is 32.2. The molecule has 0 aliphatic rings. The van der Waals surface area contributed by atoms with E-state index in [4.69, 9.17) is 9.47 Å². The lowest BCUT2D eigenvalue weighted by molar-refractivity contribution is 0.306. The Morgan fingerprint density at radius 2 is 2.00 bits per heavy atom. The molecule has 0 bridgehead atoms. The van der Waals surface area contributed by atoms with E-state index in [0.717, 1.165) is 16.9 Å². The molecule has 0 aliphatic carbocycles. The first kappa shape index (κ1) is 21.2. The summed E-state index contributed by atoms with van der Waals surface area (Å²) in [5.41, 5.74) is 1.36. The Labute approximate surface area is 183 Å². The Morgan fingerprint density at radius 1 is 1.13 bits per heavy atom. The summed E-state index contributed by atoms with van der Waals surface area (Å²) in [6.07, 6.45) is 0.804. The van der Waals surface area contributed by atoms with E-state index in [1.54, 1.807) is 29.8 Å². The van der Waals surface area contributed by atoms with Gasteiger partial charge in [0.1, 0.15) is 16.6 Å². The van der Waals surface area contributed by atoms with Gasteiger partial charge in [0, 0.05) is 23.1 Å². The van der Waals surface area contributed by atoms with Gasteiger partial charge in [-0.1, -0.05) is 19.1 Å². The fourth-order valence-corrected chi connectivity index (χ4v) is 5.24. The van der Waals surface area contributed by atoms with E-state index in [2.05, 4.69) is 20.0 Å². The average Bonchev–Trinajstić information content (AvgIpc) is 3.44. The van der Waals surface area contributed by atoms with Crippen LogP contribution in [0.5, 0.6) is 11.6 Å². The van der Waals surface area contributed by atoms with E-state index in [-0.39, 0.29) is 13.2 Å². The molecule has 0 unspecified atom stereocenters. The van der Waals surface area contributed by atoms with Crippen LogP contribution in [0.2, 0.25) is 0 Å². The zero-order chi connectivity index (χ0) is 21.8. The number of methoxy groups -OCH3 is 1. The molecule has 0 aliphatic heterocycles. The molecule has 0 amide bonds. The maximum absolute atomic E-state index is 12.4. The van der Waals surface area contributed by atoms with Gasteiger partial charge >= 0.3 is 0 Å². The van der Waals surface area contributed by atoms with Gasteiger partial charge < -0.3 is 9.47 Å². The monoisotopic (exact) mass is 459 g/mol. The third-order valence-corrected chi connectivity index (χ3v) is 7.64. The molecule has 9 nitrogen and oxygen atoms in total. The summed E-state index contributed by atoms with van der Waals surface area (Å²) in [5.74, 6) is 1.58. The van der Waals surface area contributed by atoms with Crippen LogP contribution in [0.4, 0.5) is 0 Å². The lowest BCUT2D eigenvalue weighted by Gasteiger charge is -2.08. The molecule has 0 fully saturated rings. The maximum atomic E-state index is 12.4. The van der Waals surface area contributed by atoms with Crippen molar-refractivity contribution in [2.24, 2.45) is 0 Å². The number of nitrogens with zero attached hydrogens (tertiary/aromatic N) is 4. The lowest BCUT2D eigenvalue weighted by atomic mass is 10.2. The SMILES string of the molecule is CCc1ccc(S(=O)(=O)NCCOc2ccc3nnc(-c4cccc(OC)c4)n3n2)s1. The smallest absolute Gasteiger partial charge is 0.250 e. The fraction of sp³-hybridized carbons (Fsp3) is 0.250. The van der Waals surface area contributed by atoms with Crippen molar-refractivity contribution in [3.63, 3.8) is 0 Å². The van der Waals surface area contributed by atoms with Crippen molar-refractivity contribution in [2.45, 2.75) is 17.6 Å². The summed E-state index contributed by atoms with van der Waals surface area (Å²) in [4.78, 5) is 1.02. The van der Waals surface area contributed by atoms with Crippen LogP contribution in [0.3, 0.4) is 0 Å². The van der Waals surface area contributed by atoms with Gasteiger partial charge in [0.15, 0.2) is 11.5 Å². The second-order valence-corrected chi connectivity index (χ2v) is 9.68. The third kappa shape index (κ3) is 4.68. The number of rotatable bonds is 9. The largest absolute Gasteiger partial charge is 0.497 e. The first-order valence-electron chi connectivity index (χ1n) is 9.58. The summed E-state index contributed by atoms with van der Waals surface area (Å²) in [6.45, 7) is 2.23. The number of fused-ring (bicyclic) bond motifs is 1. The van der Waals surface area contributed by atoms with Gasteiger partial charge in [-0.05, 0) is 36.8 Å². The molecule has 0 spiro atoms. The highest BCUT2D eigenvalue weighted by Crippen LogP contribution is 2.23. The number of benzene rings is 1. The van der Waals surface area contributed by atoms with Crippen molar-refractivity contribution < 1.29 is 17.9 Å². The highest BCUT2D eigenvalue weighted by molar-refractivity contribution is 7.91. The van der Waals surface area contributed by atoms with Crippen LogP contribution in [0.1, 0.15) is 11.8 Å². The van der Waals surface area contributed by atoms with Gasteiger partial charge in [-0.25, -0.2) is 13.1 Å². The van der Waals surface area contributed by atoms with Gasteiger partial charge in [0.25, 0.3) is 0 Å². The Balaban J connectivity index is 1.43. The molecule has 0 saturated heterocycles. The Bertz CT molecular complexity index is 1300. The fourth-order valence-electron chi connectivity index (χ4n) is 2.89. The lowest BCUT2D eigenvalue weighted by Crippen LogP contribution is -2.27. The van der Waals surface area contributed by atoms with E-state index < -0.39 is 10.0 Å². The van der Waals surface area contributed by atoms with E-state index in [1.807, 2.05) is 37.3 Å². The normalized spacial score (nSPS) is 11.7. The molecular formula is C20H21N5O4S2. The average molecular weight is 460 g/mol. The molecule has 0 atom stereocenters. The number of hydrogen-bond donors (Lipinski definition) is 1. The van der Waals surface area contributed by atoms with Gasteiger partial charge in [-0.2, -0.15) is 4.52 Å². The molecule has 11 heteroatoms. The van der Waals surface area contributed by atoms with Crippen molar-refractivity contribution in [3.05, 3.63) is 53.4 Å². The minimum absolute atomic E-state index is 0.117. The molecule has 1 aromatic carbocycles. The number of thiophene rings is 1. The van der Waals surface area contributed by atoms with E-state index in [1.165, 1.54) is 11.3 Å². The summed E-state index contributed by atoms with van der Waals surface area (Å²) in [5, 5.41) is 12.8. The van der Waals surface area contributed by atoms with Gasteiger partial charge in [-0.15, -0.1) is 26.6 Å². The van der Waals surface area contributed by atoms with Crippen LogP contribution in [0.25, 0.3) is 17.0 Å². The van der Waals surface area contributed by atoms with Crippen LogP contribution in [-0.2, 0) is 16.4 Å². The standard InChI is InChI=1S/C20H21N5O4S2/c1-3-16-7-10-19(30-16)31(26,27)21-11-12-29-18-9-8-17-22-23-20(25(17)24-18)14-5-4-6-15(13-14)28-2/h4-10,13,21H,3,11-12H2,1-2H3. The van der Waals surface area contributed by atoms with Gasteiger partial charge in [0.2, 0.25) is 15.9 Å². The van der Waals surface area contributed by atoms with E-state index in [0.29, 0.717) is 27.3 Å². The number of aromatic nitrogens is 4. The number of sulfonamides is 1. The van der Waals surface area contributed by atoms with Crippen molar-refractivity contribution >= 4 is 27.0 Å². The Morgan fingerprint density at radius 3 is 2.77 bits per heavy atom. The molecule has 4 aromatic rings. The topological polar surface area (TPSA) is 108 Å². The number of aryl methyl sites for hydroxylation is 1. The Kier molecular flexibility index (Phi) is 6.16. The molecule has 4 rings (SSSR count). The second kappa shape index (κ2) is 9.00. The van der Waals surface area contributed by atoms with E-state index >= 15 is 0 Å². The van der Waals surface area contributed by atoms with Crippen molar-refractivity contribution in [3.8, 4) is 23.0 Å². The summed E-state index contributed by atoms with van der Waals surface area (Å²) >= 11 is 1.27. The molecule has 3 aromatic heterocycles. The second-order valence-electron chi connectivity index (χ2n) is 6.52. The zero-order valence-corrected chi connectivity index (χ0v) is 18.6. The van der Waals surface area contributed by atoms with Crippen LogP contribution >= 0.6 is 11.3 Å². The predicted octanol–water partition coefficient (Wildman–Crippen LogP) is 2.78. The van der Waals surface area contributed by atoms with Gasteiger partial charge in [0.05, 0.1) is 7.11 Å². The molecule has 0 saturated carbocycles. The molecule has 162 valence electrons. The van der Waals surface area contributed by atoms with Crippen molar-refractivity contribution in [2.75, 3.05) is 20.3 Å². The zero-order valence-electron chi connectivity index (χ0n) is 17.0. The summed E-state index contributed by atoms with van der Waals surface area (Å²) in [7, 11) is -1.95. The van der Waals surface area contributed by atoms with Crippen LogP contribution in [0, 0.1) is 0 Å². The van der Waals surface area contributed by atoms with Gasteiger partial charge in [-0.3, -0.25) is 0 Å². The number of ether oxygens (including phenoxy) is 2. The highest BCUT2D eigenvalue weighted by Gasteiger charge is 2.16. The summed E-state index contributed by atoms with van der Waals surface area (Å²) in [6, 6.07) is 14.3. The number of nitrogens with one attached hydrogen (secondary N) is 1. The minimum atomic E-state index is -3.55. The Hall–Kier alpha value is -3.02. The first-order valence-corrected chi connectivity index (χ1v) is 11.9. The van der Waals surface area contributed by atoms with Crippen LogP contribution < -0.4 is 14.2 Å².